The van der Waals surface area contributed by atoms with Gasteiger partial charge in [0.15, 0.2) is 0 Å². The molecule has 0 fully saturated rings. The van der Waals surface area contributed by atoms with E-state index in [9.17, 15) is 33.0 Å². The number of carbonyl (C=O) groups is 2. The number of nitrogens with one attached hydrogen (secondary N) is 1. The summed E-state index contributed by atoms with van der Waals surface area (Å²) in [5.74, 6) is -1.52. The highest BCUT2D eigenvalue weighted by molar-refractivity contribution is 6.08. The number of aromatic carboxylic acids is 1. The molecule has 8 nitrogen and oxygen atoms in total. The summed E-state index contributed by atoms with van der Waals surface area (Å²) < 4.78 is 41.4. The monoisotopic (exact) mass is 639 g/mol. The van der Waals surface area contributed by atoms with Gasteiger partial charge in [0, 0.05) is 30.9 Å². The van der Waals surface area contributed by atoms with Gasteiger partial charge in [-0.05, 0) is 75.1 Å². The number of allylic oxidation sites excluding steroid dienone is 8. The van der Waals surface area contributed by atoms with Crippen LogP contribution in [0.25, 0.3) is 5.57 Å². The molecule has 0 bridgehead atoms. The van der Waals surface area contributed by atoms with Crippen LogP contribution in [0.15, 0.2) is 101 Å². The van der Waals surface area contributed by atoms with E-state index in [1.165, 1.54) is 30.0 Å². The predicted octanol–water partition coefficient (Wildman–Crippen LogP) is 8.00. The van der Waals surface area contributed by atoms with Crippen molar-refractivity contribution in [3.05, 3.63) is 118 Å². The largest absolute Gasteiger partial charge is 0.505 e. The first kappa shape index (κ1) is 37.3. The Balaban J connectivity index is 0.00000361. The van der Waals surface area contributed by atoms with Gasteiger partial charge in [-0.1, -0.05) is 55.8 Å². The van der Waals surface area contributed by atoms with Crippen molar-refractivity contribution >= 4 is 28.8 Å². The fraction of sp³-hybridized carbons (Fsp3) is 0.286. The normalized spacial score (nSPS) is 14.3. The molecule has 1 aliphatic carbocycles. The Morgan fingerprint density at radius 1 is 1.04 bits per heavy atom. The number of carboxylic acids is 1. The van der Waals surface area contributed by atoms with Crippen molar-refractivity contribution in [2.75, 3.05) is 12.0 Å². The van der Waals surface area contributed by atoms with Crippen molar-refractivity contribution in [1.29, 1.82) is 0 Å². The summed E-state index contributed by atoms with van der Waals surface area (Å²) in [4.78, 5) is 25.6. The van der Waals surface area contributed by atoms with E-state index >= 15 is 0 Å². The maximum atomic E-state index is 13.8. The molecule has 0 aliphatic heterocycles. The minimum absolute atomic E-state index is 0.00199. The van der Waals surface area contributed by atoms with E-state index in [0.717, 1.165) is 24.8 Å². The molecular weight excluding hydrogens is 599 g/mol. The fourth-order valence-corrected chi connectivity index (χ4v) is 4.85. The summed E-state index contributed by atoms with van der Waals surface area (Å²) in [5.41, 5.74) is 4.89. The van der Waals surface area contributed by atoms with Crippen LogP contribution >= 0.6 is 0 Å². The lowest BCUT2D eigenvalue weighted by atomic mass is 9.99. The summed E-state index contributed by atoms with van der Waals surface area (Å²) >= 11 is 0. The van der Waals surface area contributed by atoms with E-state index in [1.54, 1.807) is 50.3 Å². The van der Waals surface area contributed by atoms with Crippen LogP contribution in [0.2, 0.25) is 0 Å². The zero-order valence-electron chi connectivity index (χ0n) is 26.9. The Bertz CT molecular complexity index is 1630. The first-order valence-corrected chi connectivity index (χ1v) is 14.4. The second kappa shape index (κ2) is 16.4. The molecule has 2 aromatic rings. The molecular formula is C35H40F3N3O5. The number of aliphatic hydroxyl groups excluding tert-OH is 2. The smallest absolute Gasteiger partial charge is 0.416 e. The molecule has 0 atom stereocenters. The third kappa shape index (κ3) is 9.80. The summed E-state index contributed by atoms with van der Waals surface area (Å²) in [6, 6.07) is 9.28. The van der Waals surface area contributed by atoms with E-state index in [2.05, 4.69) is 10.5 Å². The van der Waals surface area contributed by atoms with Crippen molar-refractivity contribution in [3.8, 4) is 0 Å². The zero-order valence-corrected chi connectivity index (χ0v) is 26.9. The first-order valence-electron chi connectivity index (χ1n) is 14.4. The predicted molar refractivity (Wildman–Crippen MR) is 175 cm³/mol. The molecule has 2 aromatic carbocycles. The number of aliphatic hydroxyl groups is 2. The number of carboxylic acid groups (broad SMARTS) is 1. The molecule has 1 aliphatic rings. The summed E-state index contributed by atoms with van der Waals surface area (Å²) in [6.07, 6.45) is 4.44. The Hall–Kier alpha value is -4.90. The number of benzene rings is 2. The highest BCUT2D eigenvalue weighted by Crippen LogP contribution is 2.35. The fourth-order valence-electron chi connectivity index (χ4n) is 4.85. The molecule has 3 rings (SSSR count). The van der Waals surface area contributed by atoms with E-state index in [4.69, 9.17) is 5.11 Å². The van der Waals surface area contributed by atoms with Crippen molar-refractivity contribution in [2.24, 2.45) is 11.0 Å². The molecule has 0 spiro atoms. The number of hydrogen-bond acceptors (Lipinski definition) is 6. The molecule has 246 valence electrons. The van der Waals surface area contributed by atoms with Gasteiger partial charge < -0.3 is 15.3 Å². The number of carbonyl (C=O) groups excluding carboxylic acids is 1. The Morgan fingerprint density at radius 3 is 2.30 bits per heavy atom. The number of nitrogens with zero attached hydrogens (tertiary/aromatic N) is 2. The van der Waals surface area contributed by atoms with E-state index < -0.39 is 23.6 Å². The molecule has 0 saturated carbocycles. The number of alkyl halides is 3. The maximum absolute atomic E-state index is 13.8. The van der Waals surface area contributed by atoms with Crippen molar-refractivity contribution in [3.63, 3.8) is 0 Å². The van der Waals surface area contributed by atoms with Gasteiger partial charge in [0.25, 0.3) is 0 Å². The van der Waals surface area contributed by atoms with Crippen LogP contribution in [-0.4, -0.2) is 40.0 Å². The van der Waals surface area contributed by atoms with Gasteiger partial charge >= 0.3 is 12.1 Å². The minimum atomic E-state index is -4.65. The topological polar surface area (TPSA) is 122 Å². The van der Waals surface area contributed by atoms with Gasteiger partial charge in [-0.15, -0.1) is 0 Å². The van der Waals surface area contributed by atoms with Crippen molar-refractivity contribution in [2.45, 2.75) is 54.1 Å². The summed E-state index contributed by atoms with van der Waals surface area (Å²) in [5, 5.41) is 31.9. The lowest BCUT2D eigenvalue weighted by Gasteiger charge is -2.26. The van der Waals surface area contributed by atoms with Crippen molar-refractivity contribution in [1.82, 2.24) is 5.43 Å². The van der Waals surface area contributed by atoms with Crippen LogP contribution in [-0.2, 0) is 11.0 Å². The third-order valence-electron chi connectivity index (χ3n) is 6.72. The summed E-state index contributed by atoms with van der Waals surface area (Å²) in [6.45, 7) is 10.4. The number of rotatable bonds is 9. The number of amides is 1. The molecule has 0 heterocycles. The zero-order chi connectivity index (χ0) is 34.8. The molecule has 0 aromatic heterocycles. The Morgan fingerprint density at radius 2 is 1.72 bits per heavy atom. The van der Waals surface area contributed by atoms with Crippen LogP contribution < -0.4 is 10.3 Å². The highest BCUT2D eigenvalue weighted by Gasteiger charge is 2.32. The average Bonchev–Trinajstić information content (AvgIpc) is 3.16. The van der Waals surface area contributed by atoms with Gasteiger partial charge in [-0.25, -0.2) is 4.79 Å². The van der Waals surface area contributed by atoms with E-state index in [1.807, 2.05) is 26.8 Å². The standard InChI is InChI=1S/C34H36F3N3O4.CH4O/c1-20(2)16-21(3)17-22(4)40(24(6)41)31-19-27(34(35,36)37)14-15-28(31)23(5)38-39-30-13-8-7-12-29(32(30)42)25-10-9-11-26(18-25)33(43)44;1-2/h7-11,13-20,39,42H,12H2,1-6H3,(H,43,44);2H,1H3/b21-16-,22-17+,38-23+;. The van der Waals surface area contributed by atoms with Gasteiger partial charge in [-0.3, -0.25) is 15.1 Å². The second-order valence-electron chi connectivity index (χ2n) is 10.8. The summed E-state index contributed by atoms with van der Waals surface area (Å²) in [7, 11) is 1.00. The number of halogens is 3. The molecule has 46 heavy (non-hydrogen) atoms. The Kier molecular flexibility index (Phi) is 13.3. The van der Waals surface area contributed by atoms with Crippen LogP contribution in [0.4, 0.5) is 18.9 Å². The first-order chi connectivity index (χ1) is 21.6. The third-order valence-corrected chi connectivity index (χ3v) is 6.72. The average molecular weight is 640 g/mol. The van der Waals surface area contributed by atoms with Crippen LogP contribution in [0.5, 0.6) is 0 Å². The van der Waals surface area contributed by atoms with Gasteiger partial charge in [-0.2, -0.15) is 18.3 Å². The number of anilines is 1. The molecule has 11 heteroatoms. The molecule has 0 radical (unpaired) electrons. The molecule has 0 unspecified atom stereocenters. The minimum Gasteiger partial charge on any atom is -0.505 e. The van der Waals surface area contributed by atoms with Gasteiger partial charge in [0.2, 0.25) is 5.91 Å². The SMILES string of the molecule is CC(=O)N(/C(C)=C/C(C)=C\C(C)C)c1cc(C(F)(F)F)ccc1/C(C)=N/NC1=CC=CCC(c2cccc(C(=O)O)c2)=C1O.CO. The molecule has 4 N–H and O–H groups in total. The number of hydrogen-bond donors (Lipinski definition) is 4. The van der Waals surface area contributed by atoms with E-state index in [0.29, 0.717) is 23.3 Å². The number of hydrazone groups is 1. The van der Waals surface area contributed by atoms with Crippen LogP contribution in [0.1, 0.15) is 75.0 Å². The van der Waals surface area contributed by atoms with Crippen LogP contribution in [0, 0.1) is 5.92 Å². The van der Waals surface area contributed by atoms with E-state index in [-0.39, 0.29) is 39.9 Å². The highest BCUT2D eigenvalue weighted by atomic mass is 19.4. The lowest BCUT2D eigenvalue weighted by molar-refractivity contribution is -0.137. The van der Waals surface area contributed by atoms with Gasteiger partial charge in [0.1, 0.15) is 5.76 Å². The van der Waals surface area contributed by atoms with Crippen molar-refractivity contribution < 1.29 is 38.1 Å². The lowest BCUT2D eigenvalue weighted by Crippen LogP contribution is -2.29. The molecule has 1 amide bonds. The Labute approximate surface area is 267 Å². The quantitative estimate of drug-likeness (QED) is 0.125. The molecule has 0 saturated heterocycles. The van der Waals surface area contributed by atoms with Gasteiger partial charge in [0.05, 0.1) is 28.2 Å². The second-order valence-corrected chi connectivity index (χ2v) is 10.8. The van der Waals surface area contributed by atoms with Crippen LogP contribution in [0.3, 0.4) is 0 Å². The maximum Gasteiger partial charge on any atom is 0.416 e.